The lowest BCUT2D eigenvalue weighted by atomic mass is 9.99. The second-order valence-electron chi connectivity index (χ2n) is 5.34. The molecule has 0 atom stereocenters. The molecule has 2 rings (SSSR count). The highest BCUT2D eigenvalue weighted by Crippen LogP contribution is 2.17. The van der Waals surface area contributed by atoms with Gasteiger partial charge in [-0.3, -0.25) is 9.69 Å². The van der Waals surface area contributed by atoms with Crippen LogP contribution in [0.3, 0.4) is 0 Å². The summed E-state index contributed by atoms with van der Waals surface area (Å²) in [5.74, 6) is 0.870. The minimum absolute atomic E-state index is 0.0720. The molecule has 1 aliphatic rings. The van der Waals surface area contributed by atoms with Gasteiger partial charge < -0.3 is 10.6 Å². The Balaban J connectivity index is 1.83. The monoisotopic (exact) mass is 261 g/mol. The lowest BCUT2D eigenvalue weighted by Gasteiger charge is -2.29. The summed E-state index contributed by atoms with van der Waals surface area (Å²) in [6.45, 7) is 4.84. The largest absolute Gasteiger partial charge is 0.388 e. The zero-order chi connectivity index (χ0) is 13.7. The number of likely N-dealkylation sites (tertiary alicyclic amines) is 1. The average molecular weight is 261 g/mol. The number of carbonyl (C=O) groups is 1. The van der Waals surface area contributed by atoms with Gasteiger partial charge in [0.2, 0.25) is 5.91 Å². The second kappa shape index (κ2) is 6.57. The fraction of sp³-hybridized carbons (Fsp3) is 0.533. The van der Waals surface area contributed by atoms with Crippen LogP contribution in [-0.4, -0.2) is 37.5 Å². The van der Waals surface area contributed by atoms with Gasteiger partial charge in [-0.15, -0.1) is 0 Å². The summed E-state index contributed by atoms with van der Waals surface area (Å²) in [6.07, 6.45) is 2.39. The first-order valence-corrected chi connectivity index (χ1v) is 6.97. The van der Waals surface area contributed by atoms with Crippen molar-refractivity contribution in [1.29, 1.82) is 0 Å². The van der Waals surface area contributed by atoms with E-state index < -0.39 is 0 Å². The van der Waals surface area contributed by atoms with Crippen LogP contribution in [0.4, 0.5) is 11.4 Å². The van der Waals surface area contributed by atoms with Crippen LogP contribution in [0.5, 0.6) is 0 Å². The Labute approximate surface area is 115 Å². The maximum Gasteiger partial charge on any atom is 0.238 e. The molecule has 1 heterocycles. The number of nitrogens with zero attached hydrogens (tertiary/aromatic N) is 1. The van der Waals surface area contributed by atoms with E-state index in [-0.39, 0.29) is 5.91 Å². The summed E-state index contributed by atoms with van der Waals surface area (Å²) in [5, 5.41) is 6.02. The smallest absolute Gasteiger partial charge is 0.238 e. The summed E-state index contributed by atoms with van der Waals surface area (Å²) in [4.78, 5) is 14.2. The molecule has 4 nitrogen and oxygen atoms in total. The van der Waals surface area contributed by atoms with Crippen molar-refractivity contribution >= 4 is 17.3 Å². The number of carbonyl (C=O) groups excluding carboxylic acids is 1. The molecule has 104 valence electrons. The van der Waals surface area contributed by atoms with Crippen LogP contribution in [0.1, 0.15) is 19.8 Å². The molecule has 0 aliphatic carbocycles. The topological polar surface area (TPSA) is 44.4 Å². The van der Waals surface area contributed by atoms with Gasteiger partial charge in [0, 0.05) is 18.4 Å². The predicted octanol–water partition coefficient (Wildman–Crippen LogP) is 2.40. The third-order valence-corrected chi connectivity index (χ3v) is 3.68. The number of anilines is 2. The van der Waals surface area contributed by atoms with Gasteiger partial charge in [0.15, 0.2) is 0 Å². The van der Waals surface area contributed by atoms with E-state index in [2.05, 4.69) is 22.5 Å². The van der Waals surface area contributed by atoms with Gasteiger partial charge in [0.05, 0.1) is 6.54 Å². The molecule has 1 aliphatic heterocycles. The molecule has 1 aromatic carbocycles. The molecular weight excluding hydrogens is 238 g/mol. The molecule has 1 fully saturated rings. The Morgan fingerprint density at radius 2 is 2.00 bits per heavy atom. The first-order chi connectivity index (χ1) is 9.17. The summed E-state index contributed by atoms with van der Waals surface area (Å²) in [7, 11) is 1.87. The Morgan fingerprint density at radius 3 is 2.68 bits per heavy atom. The maximum absolute atomic E-state index is 12.0. The number of hydrogen-bond donors (Lipinski definition) is 2. The Bertz CT molecular complexity index is 425. The van der Waals surface area contributed by atoms with Crippen LogP contribution >= 0.6 is 0 Å². The van der Waals surface area contributed by atoms with E-state index in [0.29, 0.717) is 6.54 Å². The minimum Gasteiger partial charge on any atom is -0.388 e. The van der Waals surface area contributed by atoms with Crippen LogP contribution < -0.4 is 10.6 Å². The quantitative estimate of drug-likeness (QED) is 0.874. The van der Waals surface area contributed by atoms with Gasteiger partial charge in [-0.05, 0) is 50.0 Å². The number of nitrogens with one attached hydrogen (secondary N) is 2. The van der Waals surface area contributed by atoms with Gasteiger partial charge in [-0.2, -0.15) is 0 Å². The first kappa shape index (κ1) is 13.9. The molecule has 0 bridgehead atoms. The Hall–Kier alpha value is -1.55. The summed E-state index contributed by atoms with van der Waals surface area (Å²) in [5.41, 5.74) is 1.85. The molecule has 0 aromatic heterocycles. The van der Waals surface area contributed by atoms with E-state index in [0.717, 1.165) is 30.4 Å². The Morgan fingerprint density at radius 1 is 1.32 bits per heavy atom. The molecule has 2 N–H and O–H groups in total. The summed E-state index contributed by atoms with van der Waals surface area (Å²) >= 11 is 0. The van der Waals surface area contributed by atoms with E-state index in [1.165, 1.54) is 12.8 Å². The van der Waals surface area contributed by atoms with Crippen LogP contribution in [0, 0.1) is 5.92 Å². The number of piperidine rings is 1. The zero-order valence-electron chi connectivity index (χ0n) is 11.8. The Kier molecular flexibility index (Phi) is 4.80. The summed E-state index contributed by atoms with van der Waals surface area (Å²) in [6, 6.07) is 7.76. The predicted molar refractivity (Wildman–Crippen MR) is 79.5 cm³/mol. The van der Waals surface area contributed by atoms with Crippen molar-refractivity contribution in [3.63, 3.8) is 0 Å². The van der Waals surface area contributed by atoms with E-state index in [4.69, 9.17) is 0 Å². The van der Waals surface area contributed by atoms with Crippen molar-refractivity contribution in [1.82, 2.24) is 4.90 Å². The lowest BCUT2D eigenvalue weighted by Crippen LogP contribution is -2.38. The number of amides is 1. The van der Waals surface area contributed by atoms with Crippen molar-refractivity contribution in [2.75, 3.05) is 37.3 Å². The molecule has 19 heavy (non-hydrogen) atoms. The molecule has 0 unspecified atom stereocenters. The van der Waals surface area contributed by atoms with Crippen LogP contribution in [0.2, 0.25) is 0 Å². The normalized spacial score (nSPS) is 17.2. The van der Waals surface area contributed by atoms with Crippen molar-refractivity contribution in [3.8, 4) is 0 Å². The SMILES string of the molecule is CNc1cccc(NC(=O)CN2CCC(C)CC2)c1. The van der Waals surface area contributed by atoms with E-state index >= 15 is 0 Å². The van der Waals surface area contributed by atoms with Crippen molar-refractivity contribution < 1.29 is 4.79 Å². The second-order valence-corrected chi connectivity index (χ2v) is 5.34. The first-order valence-electron chi connectivity index (χ1n) is 6.97. The van der Waals surface area contributed by atoms with Gasteiger partial charge in [-0.25, -0.2) is 0 Å². The van der Waals surface area contributed by atoms with Crippen molar-refractivity contribution in [2.45, 2.75) is 19.8 Å². The van der Waals surface area contributed by atoms with Gasteiger partial charge >= 0.3 is 0 Å². The highest BCUT2D eigenvalue weighted by molar-refractivity contribution is 5.92. The van der Waals surface area contributed by atoms with E-state index in [9.17, 15) is 4.79 Å². The van der Waals surface area contributed by atoms with E-state index in [1.54, 1.807) is 0 Å². The zero-order valence-corrected chi connectivity index (χ0v) is 11.8. The molecule has 0 spiro atoms. The molecule has 0 radical (unpaired) electrons. The maximum atomic E-state index is 12.0. The molecule has 1 aromatic rings. The van der Waals surface area contributed by atoms with Gasteiger partial charge in [0.25, 0.3) is 0 Å². The molecule has 4 heteroatoms. The fourth-order valence-electron chi connectivity index (χ4n) is 2.38. The standard InChI is InChI=1S/C15H23N3O/c1-12-6-8-18(9-7-12)11-15(19)17-14-5-3-4-13(10-14)16-2/h3-5,10,12,16H,6-9,11H2,1-2H3,(H,17,19). The number of benzene rings is 1. The molecular formula is C15H23N3O. The highest BCUT2D eigenvalue weighted by atomic mass is 16.2. The number of rotatable bonds is 4. The molecule has 1 amide bonds. The van der Waals surface area contributed by atoms with Crippen LogP contribution in [0.25, 0.3) is 0 Å². The third-order valence-electron chi connectivity index (χ3n) is 3.68. The highest BCUT2D eigenvalue weighted by Gasteiger charge is 2.17. The van der Waals surface area contributed by atoms with E-state index in [1.807, 2.05) is 31.3 Å². The average Bonchev–Trinajstić information content (AvgIpc) is 2.41. The van der Waals surface area contributed by atoms with Crippen LogP contribution in [-0.2, 0) is 4.79 Å². The van der Waals surface area contributed by atoms with Gasteiger partial charge in [0.1, 0.15) is 0 Å². The fourth-order valence-corrected chi connectivity index (χ4v) is 2.38. The summed E-state index contributed by atoms with van der Waals surface area (Å²) < 4.78 is 0. The van der Waals surface area contributed by atoms with Crippen molar-refractivity contribution in [3.05, 3.63) is 24.3 Å². The number of hydrogen-bond acceptors (Lipinski definition) is 3. The molecule has 1 saturated heterocycles. The minimum atomic E-state index is 0.0720. The third kappa shape index (κ3) is 4.24. The van der Waals surface area contributed by atoms with Crippen molar-refractivity contribution in [2.24, 2.45) is 5.92 Å². The van der Waals surface area contributed by atoms with Gasteiger partial charge in [-0.1, -0.05) is 13.0 Å². The van der Waals surface area contributed by atoms with Crippen LogP contribution in [0.15, 0.2) is 24.3 Å². The molecule has 0 saturated carbocycles. The lowest BCUT2D eigenvalue weighted by molar-refractivity contribution is -0.117.